The van der Waals surface area contributed by atoms with Gasteiger partial charge in [0.2, 0.25) is 0 Å². The number of nitrogens with zero attached hydrogens (tertiary/aromatic N) is 1. The molecule has 3 heteroatoms. The molecule has 3 nitrogen and oxygen atoms in total. The highest BCUT2D eigenvalue weighted by molar-refractivity contribution is 5.14. The molecule has 2 rings (SSSR count). The lowest BCUT2D eigenvalue weighted by atomic mass is 9.94. The van der Waals surface area contributed by atoms with Crippen LogP contribution in [0.25, 0.3) is 0 Å². The van der Waals surface area contributed by atoms with E-state index < -0.39 is 0 Å². The van der Waals surface area contributed by atoms with Crippen molar-refractivity contribution in [3.63, 3.8) is 0 Å². The Bertz CT molecular complexity index is 315. The number of rotatable bonds is 3. The maximum Gasteiger partial charge on any atom is 0.0717 e. The molecule has 1 fully saturated rings. The Balaban J connectivity index is 1.89. The molecule has 0 amide bonds. The van der Waals surface area contributed by atoms with Crippen LogP contribution in [0.2, 0.25) is 0 Å². The summed E-state index contributed by atoms with van der Waals surface area (Å²) < 4.78 is 0. The summed E-state index contributed by atoms with van der Waals surface area (Å²) >= 11 is 0. The van der Waals surface area contributed by atoms with Gasteiger partial charge in [0.1, 0.15) is 0 Å². The van der Waals surface area contributed by atoms with Gasteiger partial charge in [-0.05, 0) is 18.5 Å². The molecule has 0 aliphatic carbocycles. The molecule has 2 atom stereocenters. The van der Waals surface area contributed by atoms with Gasteiger partial charge in [-0.15, -0.1) is 0 Å². The Hall–Kier alpha value is -0.900. The second-order valence-corrected chi connectivity index (χ2v) is 4.52. The fourth-order valence-electron chi connectivity index (χ4n) is 2.24. The van der Waals surface area contributed by atoms with E-state index in [-0.39, 0.29) is 18.6 Å². The van der Waals surface area contributed by atoms with E-state index in [1.807, 2.05) is 18.2 Å². The third kappa shape index (κ3) is 2.82. The third-order valence-corrected chi connectivity index (χ3v) is 3.29. The first-order valence-corrected chi connectivity index (χ1v) is 5.85. The van der Waals surface area contributed by atoms with Gasteiger partial charge in [0.25, 0.3) is 0 Å². The highest BCUT2D eigenvalue weighted by Gasteiger charge is 2.26. The minimum Gasteiger partial charge on any atom is -0.396 e. The third-order valence-electron chi connectivity index (χ3n) is 3.29. The second kappa shape index (κ2) is 5.43. The van der Waals surface area contributed by atoms with Crippen LogP contribution in [0.3, 0.4) is 0 Å². The van der Waals surface area contributed by atoms with Crippen LogP contribution < -0.4 is 0 Å². The lowest BCUT2D eigenvalue weighted by Crippen LogP contribution is -2.44. The van der Waals surface area contributed by atoms with Crippen molar-refractivity contribution < 1.29 is 10.2 Å². The Labute approximate surface area is 96.3 Å². The van der Waals surface area contributed by atoms with E-state index in [9.17, 15) is 5.11 Å². The Morgan fingerprint density at radius 1 is 1.25 bits per heavy atom. The minimum absolute atomic E-state index is 0.0621. The Morgan fingerprint density at radius 2 is 2.00 bits per heavy atom. The molecule has 88 valence electrons. The molecule has 1 unspecified atom stereocenters. The average Bonchev–Trinajstić information content (AvgIpc) is 2.31. The van der Waals surface area contributed by atoms with Crippen LogP contribution in [0.4, 0.5) is 0 Å². The van der Waals surface area contributed by atoms with Crippen molar-refractivity contribution in [3.05, 3.63) is 35.9 Å². The maximum atomic E-state index is 9.82. The van der Waals surface area contributed by atoms with E-state index in [2.05, 4.69) is 17.0 Å². The van der Waals surface area contributed by atoms with Gasteiger partial charge in [0.05, 0.1) is 6.10 Å². The lowest BCUT2D eigenvalue weighted by Gasteiger charge is -2.35. The van der Waals surface area contributed by atoms with E-state index in [0.717, 1.165) is 19.5 Å². The monoisotopic (exact) mass is 221 g/mol. The molecule has 0 bridgehead atoms. The van der Waals surface area contributed by atoms with Crippen molar-refractivity contribution >= 4 is 0 Å². The van der Waals surface area contributed by atoms with Gasteiger partial charge in [-0.2, -0.15) is 0 Å². The fourth-order valence-corrected chi connectivity index (χ4v) is 2.24. The van der Waals surface area contributed by atoms with Crippen LogP contribution in [0.5, 0.6) is 0 Å². The van der Waals surface area contributed by atoms with Crippen molar-refractivity contribution in [2.75, 3.05) is 19.7 Å². The summed E-state index contributed by atoms with van der Waals surface area (Å²) in [4.78, 5) is 2.24. The first-order chi connectivity index (χ1) is 7.79. The zero-order valence-electron chi connectivity index (χ0n) is 9.42. The first kappa shape index (κ1) is 11.6. The van der Waals surface area contributed by atoms with Crippen molar-refractivity contribution in [1.82, 2.24) is 4.90 Å². The number of benzene rings is 1. The van der Waals surface area contributed by atoms with Gasteiger partial charge in [0.15, 0.2) is 0 Å². The Morgan fingerprint density at radius 3 is 2.62 bits per heavy atom. The summed E-state index contributed by atoms with van der Waals surface area (Å²) in [5.41, 5.74) is 1.28. The maximum absolute atomic E-state index is 9.82. The van der Waals surface area contributed by atoms with Gasteiger partial charge in [-0.3, -0.25) is 4.90 Å². The molecule has 0 saturated carbocycles. The molecule has 1 aliphatic heterocycles. The second-order valence-electron chi connectivity index (χ2n) is 4.52. The molecule has 0 aromatic heterocycles. The summed E-state index contributed by atoms with van der Waals surface area (Å²) in [6.45, 7) is 2.60. The average molecular weight is 221 g/mol. The zero-order chi connectivity index (χ0) is 11.4. The van der Waals surface area contributed by atoms with Crippen LogP contribution in [0.1, 0.15) is 12.0 Å². The summed E-state index contributed by atoms with van der Waals surface area (Å²) in [5, 5.41) is 18.9. The summed E-state index contributed by atoms with van der Waals surface area (Å²) in [6.07, 6.45) is 0.493. The van der Waals surface area contributed by atoms with E-state index in [1.54, 1.807) is 0 Å². The van der Waals surface area contributed by atoms with Gasteiger partial charge in [-0.25, -0.2) is 0 Å². The molecule has 0 radical (unpaired) electrons. The molecule has 0 spiro atoms. The summed E-state index contributed by atoms with van der Waals surface area (Å²) in [5.74, 6) is 0.0621. The molecule has 1 aliphatic rings. The minimum atomic E-state index is -0.387. The predicted molar refractivity (Wildman–Crippen MR) is 62.9 cm³/mol. The number of aliphatic hydroxyl groups is 2. The molecule has 1 heterocycles. The van der Waals surface area contributed by atoms with Crippen LogP contribution >= 0.6 is 0 Å². The van der Waals surface area contributed by atoms with E-state index in [0.29, 0.717) is 6.54 Å². The largest absolute Gasteiger partial charge is 0.396 e. The Kier molecular flexibility index (Phi) is 3.93. The lowest BCUT2D eigenvalue weighted by molar-refractivity contribution is -0.00443. The number of likely N-dealkylation sites (tertiary alicyclic amines) is 1. The highest BCUT2D eigenvalue weighted by Crippen LogP contribution is 2.18. The first-order valence-electron chi connectivity index (χ1n) is 5.85. The van der Waals surface area contributed by atoms with Gasteiger partial charge in [-0.1, -0.05) is 30.3 Å². The van der Waals surface area contributed by atoms with Gasteiger partial charge >= 0.3 is 0 Å². The normalized spacial score (nSPS) is 26.9. The molecule has 2 N–H and O–H groups in total. The van der Waals surface area contributed by atoms with Crippen LogP contribution in [0, 0.1) is 5.92 Å². The van der Waals surface area contributed by atoms with Crippen LogP contribution in [0.15, 0.2) is 30.3 Å². The van der Waals surface area contributed by atoms with Gasteiger partial charge < -0.3 is 10.2 Å². The molecular weight excluding hydrogens is 202 g/mol. The van der Waals surface area contributed by atoms with Crippen molar-refractivity contribution in [3.8, 4) is 0 Å². The van der Waals surface area contributed by atoms with Crippen LogP contribution in [-0.2, 0) is 6.54 Å². The molecule has 1 aromatic rings. The summed E-state index contributed by atoms with van der Waals surface area (Å²) in [7, 11) is 0. The SMILES string of the molecule is OCC1CCN(Cc2ccccc2)C[C@@H]1O. The standard InChI is InChI=1S/C13H19NO2/c15-10-12-6-7-14(9-13(12)16)8-11-4-2-1-3-5-11/h1-5,12-13,15-16H,6-10H2/t12?,13-/m0/s1. The number of aliphatic hydroxyl groups excluding tert-OH is 2. The number of hydrogen-bond donors (Lipinski definition) is 2. The predicted octanol–water partition coefficient (Wildman–Crippen LogP) is 0.862. The fraction of sp³-hybridized carbons (Fsp3) is 0.538. The van der Waals surface area contributed by atoms with E-state index >= 15 is 0 Å². The zero-order valence-corrected chi connectivity index (χ0v) is 9.42. The number of hydrogen-bond acceptors (Lipinski definition) is 3. The molecular formula is C13H19NO2. The van der Waals surface area contributed by atoms with Crippen molar-refractivity contribution in [1.29, 1.82) is 0 Å². The molecule has 16 heavy (non-hydrogen) atoms. The summed E-state index contributed by atoms with van der Waals surface area (Å²) in [6, 6.07) is 10.3. The van der Waals surface area contributed by atoms with Crippen molar-refractivity contribution in [2.24, 2.45) is 5.92 Å². The van der Waals surface area contributed by atoms with E-state index in [1.165, 1.54) is 5.56 Å². The molecule has 1 aromatic carbocycles. The number of β-amino-alcohol motifs (C(OH)–C–C–N with tert-alkyl or cyclic N) is 1. The number of piperidine rings is 1. The quantitative estimate of drug-likeness (QED) is 0.795. The van der Waals surface area contributed by atoms with Crippen LogP contribution in [-0.4, -0.2) is 40.9 Å². The highest BCUT2D eigenvalue weighted by atomic mass is 16.3. The molecule has 1 saturated heterocycles. The van der Waals surface area contributed by atoms with E-state index in [4.69, 9.17) is 5.11 Å². The van der Waals surface area contributed by atoms with Gasteiger partial charge in [0, 0.05) is 25.6 Å². The smallest absolute Gasteiger partial charge is 0.0717 e. The topological polar surface area (TPSA) is 43.7 Å². The van der Waals surface area contributed by atoms with Crippen molar-refractivity contribution in [2.45, 2.75) is 19.1 Å².